The van der Waals surface area contributed by atoms with Crippen LogP contribution in [0.25, 0.3) is 0 Å². The van der Waals surface area contributed by atoms with E-state index in [1.54, 1.807) is 25.3 Å². The standard InChI is InChI=1S/C14H20N2O3/c1-9(13-4-3-7-19-13)16-14(17)11-6-5-10(18-2)8-12(11)15/h5-6,8-9,13H,3-4,7,15H2,1-2H3,(H,16,17). The smallest absolute Gasteiger partial charge is 0.253 e. The first kappa shape index (κ1) is 13.7. The van der Waals surface area contributed by atoms with Crippen LogP contribution in [0, 0.1) is 0 Å². The first-order chi connectivity index (χ1) is 9.11. The minimum atomic E-state index is -0.178. The van der Waals surface area contributed by atoms with E-state index >= 15 is 0 Å². The van der Waals surface area contributed by atoms with Crippen molar-refractivity contribution in [3.8, 4) is 5.75 Å². The van der Waals surface area contributed by atoms with E-state index in [1.807, 2.05) is 6.92 Å². The number of anilines is 1. The van der Waals surface area contributed by atoms with Crippen LogP contribution in [0.2, 0.25) is 0 Å². The molecule has 1 saturated heterocycles. The van der Waals surface area contributed by atoms with Crippen LogP contribution in [0.5, 0.6) is 5.75 Å². The molecule has 0 aliphatic carbocycles. The van der Waals surface area contributed by atoms with Gasteiger partial charge in [0, 0.05) is 18.4 Å². The van der Waals surface area contributed by atoms with Gasteiger partial charge in [0.1, 0.15) is 5.75 Å². The first-order valence-electron chi connectivity index (χ1n) is 6.48. The highest BCUT2D eigenvalue weighted by Gasteiger charge is 2.24. The number of hydrogen-bond acceptors (Lipinski definition) is 4. The summed E-state index contributed by atoms with van der Waals surface area (Å²) in [5, 5.41) is 2.93. The Morgan fingerprint density at radius 2 is 2.37 bits per heavy atom. The molecule has 0 saturated carbocycles. The van der Waals surface area contributed by atoms with Gasteiger partial charge in [-0.05, 0) is 31.9 Å². The van der Waals surface area contributed by atoms with Crippen molar-refractivity contribution in [3.63, 3.8) is 0 Å². The normalized spacial score (nSPS) is 20.0. The third kappa shape index (κ3) is 3.17. The van der Waals surface area contributed by atoms with Gasteiger partial charge in [0.15, 0.2) is 0 Å². The Morgan fingerprint density at radius 1 is 1.58 bits per heavy atom. The number of carbonyl (C=O) groups excluding carboxylic acids is 1. The highest BCUT2D eigenvalue weighted by molar-refractivity contribution is 5.99. The Labute approximate surface area is 113 Å². The van der Waals surface area contributed by atoms with Crippen molar-refractivity contribution >= 4 is 11.6 Å². The third-order valence-electron chi connectivity index (χ3n) is 3.38. The quantitative estimate of drug-likeness (QED) is 0.810. The zero-order valence-corrected chi connectivity index (χ0v) is 11.3. The summed E-state index contributed by atoms with van der Waals surface area (Å²) in [4.78, 5) is 12.1. The van der Waals surface area contributed by atoms with Gasteiger partial charge in [0.25, 0.3) is 5.91 Å². The topological polar surface area (TPSA) is 73.6 Å². The van der Waals surface area contributed by atoms with Crippen molar-refractivity contribution in [2.24, 2.45) is 0 Å². The second-order valence-corrected chi connectivity index (χ2v) is 4.77. The van der Waals surface area contributed by atoms with Crippen molar-refractivity contribution < 1.29 is 14.3 Å². The van der Waals surface area contributed by atoms with E-state index in [4.69, 9.17) is 15.2 Å². The molecule has 3 N–H and O–H groups in total. The second kappa shape index (κ2) is 5.93. The van der Waals surface area contributed by atoms with E-state index in [2.05, 4.69) is 5.32 Å². The molecule has 104 valence electrons. The Kier molecular flexibility index (Phi) is 4.27. The monoisotopic (exact) mass is 264 g/mol. The molecule has 1 heterocycles. The summed E-state index contributed by atoms with van der Waals surface area (Å²) in [6, 6.07) is 5.02. The van der Waals surface area contributed by atoms with Gasteiger partial charge >= 0.3 is 0 Å². The van der Waals surface area contributed by atoms with E-state index in [0.717, 1.165) is 19.4 Å². The lowest BCUT2D eigenvalue weighted by Gasteiger charge is -2.20. The van der Waals surface area contributed by atoms with Gasteiger partial charge in [-0.1, -0.05) is 0 Å². The average Bonchev–Trinajstić information content (AvgIpc) is 2.92. The summed E-state index contributed by atoms with van der Waals surface area (Å²) in [6.45, 7) is 2.73. The van der Waals surface area contributed by atoms with Gasteiger partial charge in [0.05, 0.1) is 24.8 Å². The number of nitrogens with one attached hydrogen (secondary N) is 1. The molecule has 1 aliphatic rings. The largest absolute Gasteiger partial charge is 0.497 e. The van der Waals surface area contributed by atoms with Gasteiger partial charge in [-0.25, -0.2) is 0 Å². The van der Waals surface area contributed by atoms with Crippen LogP contribution >= 0.6 is 0 Å². The molecule has 5 nitrogen and oxygen atoms in total. The number of carbonyl (C=O) groups is 1. The van der Waals surface area contributed by atoms with Crippen molar-refractivity contribution in [2.75, 3.05) is 19.5 Å². The summed E-state index contributed by atoms with van der Waals surface area (Å²) in [7, 11) is 1.56. The molecule has 1 fully saturated rings. The number of benzene rings is 1. The van der Waals surface area contributed by atoms with Gasteiger partial charge in [0.2, 0.25) is 0 Å². The van der Waals surface area contributed by atoms with Crippen LogP contribution in [0.15, 0.2) is 18.2 Å². The van der Waals surface area contributed by atoms with E-state index in [1.165, 1.54) is 0 Å². The number of methoxy groups -OCH3 is 1. The molecule has 19 heavy (non-hydrogen) atoms. The summed E-state index contributed by atoms with van der Waals surface area (Å²) in [5.74, 6) is 0.462. The Hall–Kier alpha value is -1.75. The highest BCUT2D eigenvalue weighted by atomic mass is 16.5. The molecule has 1 amide bonds. The second-order valence-electron chi connectivity index (χ2n) is 4.77. The van der Waals surface area contributed by atoms with Gasteiger partial charge in [-0.3, -0.25) is 4.79 Å². The van der Waals surface area contributed by atoms with Crippen molar-refractivity contribution in [3.05, 3.63) is 23.8 Å². The number of hydrogen-bond donors (Lipinski definition) is 2. The van der Waals surface area contributed by atoms with Crippen LogP contribution in [-0.2, 0) is 4.74 Å². The lowest BCUT2D eigenvalue weighted by molar-refractivity contribution is 0.0713. The maximum atomic E-state index is 12.1. The zero-order chi connectivity index (χ0) is 13.8. The number of nitrogen functional groups attached to an aromatic ring is 1. The molecule has 1 aromatic rings. The summed E-state index contributed by atoms with van der Waals surface area (Å²) in [6.07, 6.45) is 2.14. The maximum absolute atomic E-state index is 12.1. The molecule has 0 spiro atoms. The van der Waals surface area contributed by atoms with Crippen molar-refractivity contribution in [1.82, 2.24) is 5.32 Å². The molecule has 0 radical (unpaired) electrons. The molecular formula is C14H20N2O3. The van der Waals surface area contributed by atoms with Crippen LogP contribution in [0.1, 0.15) is 30.1 Å². The van der Waals surface area contributed by atoms with E-state index in [9.17, 15) is 4.79 Å². The van der Waals surface area contributed by atoms with Gasteiger partial charge in [-0.15, -0.1) is 0 Å². The minimum Gasteiger partial charge on any atom is -0.497 e. The molecule has 5 heteroatoms. The van der Waals surface area contributed by atoms with Crippen LogP contribution < -0.4 is 15.8 Å². The fourth-order valence-corrected chi connectivity index (χ4v) is 2.25. The lowest BCUT2D eigenvalue weighted by atomic mass is 10.1. The van der Waals surface area contributed by atoms with Gasteiger partial charge < -0.3 is 20.5 Å². The highest BCUT2D eigenvalue weighted by Crippen LogP contribution is 2.20. The molecule has 2 atom stereocenters. The number of ether oxygens (including phenoxy) is 2. The van der Waals surface area contributed by atoms with Crippen LogP contribution in [0.4, 0.5) is 5.69 Å². The fraction of sp³-hybridized carbons (Fsp3) is 0.500. The van der Waals surface area contributed by atoms with E-state index in [-0.39, 0.29) is 18.1 Å². The molecular weight excluding hydrogens is 244 g/mol. The molecule has 1 aliphatic heterocycles. The van der Waals surface area contributed by atoms with Gasteiger partial charge in [-0.2, -0.15) is 0 Å². The summed E-state index contributed by atoms with van der Waals surface area (Å²) >= 11 is 0. The van der Waals surface area contributed by atoms with Crippen molar-refractivity contribution in [2.45, 2.75) is 31.9 Å². The van der Waals surface area contributed by atoms with E-state index < -0.39 is 0 Å². The Balaban J connectivity index is 2.02. The first-order valence-corrected chi connectivity index (χ1v) is 6.48. The van der Waals surface area contributed by atoms with Crippen LogP contribution in [0.3, 0.4) is 0 Å². The summed E-state index contributed by atoms with van der Waals surface area (Å²) in [5.41, 5.74) is 6.73. The summed E-state index contributed by atoms with van der Waals surface area (Å²) < 4.78 is 10.6. The molecule has 0 aromatic heterocycles. The predicted molar refractivity (Wildman–Crippen MR) is 73.3 cm³/mol. The molecule has 1 aromatic carbocycles. The van der Waals surface area contributed by atoms with Crippen LogP contribution in [-0.4, -0.2) is 31.8 Å². The molecule has 2 rings (SSSR count). The van der Waals surface area contributed by atoms with E-state index in [0.29, 0.717) is 17.0 Å². The fourth-order valence-electron chi connectivity index (χ4n) is 2.25. The Morgan fingerprint density at radius 3 is 2.95 bits per heavy atom. The molecule has 0 bridgehead atoms. The SMILES string of the molecule is COc1ccc(C(=O)NC(C)C2CCCO2)c(N)c1. The maximum Gasteiger partial charge on any atom is 0.253 e. The predicted octanol–water partition coefficient (Wildman–Crippen LogP) is 1.57. The number of amides is 1. The lowest BCUT2D eigenvalue weighted by Crippen LogP contribution is -2.41. The minimum absolute atomic E-state index is 0.0171. The molecule has 2 unspecified atom stereocenters. The Bertz CT molecular complexity index is 456. The van der Waals surface area contributed by atoms with Crippen molar-refractivity contribution in [1.29, 1.82) is 0 Å². The number of nitrogens with two attached hydrogens (primary N) is 1. The zero-order valence-electron chi connectivity index (χ0n) is 11.3. The number of rotatable bonds is 4. The average molecular weight is 264 g/mol. The third-order valence-corrected chi connectivity index (χ3v) is 3.38.